The van der Waals surface area contributed by atoms with Gasteiger partial charge in [-0.2, -0.15) is 0 Å². The highest BCUT2D eigenvalue weighted by Gasteiger charge is 2.41. The summed E-state index contributed by atoms with van der Waals surface area (Å²) in [7, 11) is 2.38. The first kappa shape index (κ1) is 15.8. The lowest BCUT2D eigenvalue weighted by atomic mass is 10.1. The molecule has 0 aromatic heterocycles. The normalized spacial score (nSPS) is 13.4. The van der Waals surface area contributed by atoms with Crippen LogP contribution in [0.2, 0.25) is 0 Å². The number of carbonyl (C=O) groups excluding carboxylic acids is 3. The molecule has 0 saturated carbocycles. The molecule has 6 nitrogen and oxygen atoms in total. The molecule has 7 heteroatoms. The Hall–Kier alpha value is -1.24. The Labute approximate surface area is 104 Å². The zero-order valence-electron chi connectivity index (χ0n) is 10.3. The van der Waals surface area contributed by atoms with E-state index in [1.165, 1.54) is 21.1 Å². The molecule has 0 aliphatic rings. The van der Waals surface area contributed by atoms with Crippen LogP contribution in [0.5, 0.6) is 0 Å². The molecule has 0 heterocycles. The van der Waals surface area contributed by atoms with E-state index in [0.717, 1.165) is 0 Å². The quantitative estimate of drug-likeness (QED) is 0.548. The van der Waals surface area contributed by atoms with E-state index >= 15 is 0 Å². The molecule has 1 unspecified atom stereocenters. The standard InChI is InChI=1S/C10H16O6S/c1-5-16-7(11)6-10(2,8(12)14-3)17-9(13)15-4/h5-6H2,1-4H3. The summed E-state index contributed by atoms with van der Waals surface area (Å²) in [5, 5.41) is -0.665. The maximum absolute atomic E-state index is 11.6. The third-order valence-electron chi connectivity index (χ3n) is 1.88. The van der Waals surface area contributed by atoms with Crippen molar-refractivity contribution in [1.82, 2.24) is 0 Å². The lowest BCUT2D eigenvalue weighted by molar-refractivity contribution is -0.150. The molecule has 0 aromatic rings. The second-order valence-corrected chi connectivity index (χ2v) is 4.70. The second kappa shape index (κ2) is 7.16. The number of rotatable bonds is 5. The van der Waals surface area contributed by atoms with Crippen molar-refractivity contribution >= 4 is 29.0 Å². The lowest BCUT2D eigenvalue weighted by Crippen LogP contribution is -2.37. The molecule has 1 atom stereocenters. The molecule has 0 rings (SSSR count). The van der Waals surface area contributed by atoms with E-state index < -0.39 is 22.0 Å². The molecular formula is C10H16O6S. The summed E-state index contributed by atoms with van der Waals surface area (Å²) in [6, 6.07) is 0. The third-order valence-corrected chi connectivity index (χ3v) is 2.97. The third kappa shape index (κ3) is 5.08. The number of thioether (sulfide) groups is 1. The number of hydrogen-bond acceptors (Lipinski definition) is 7. The van der Waals surface area contributed by atoms with Crippen molar-refractivity contribution < 1.29 is 28.6 Å². The number of ether oxygens (including phenoxy) is 3. The maximum Gasteiger partial charge on any atom is 0.368 e. The fourth-order valence-electron chi connectivity index (χ4n) is 1.08. The zero-order valence-corrected chi connectivity index (χ0v) is 11.1. The highest BCUT2D eigenvalue weighted by atomic mass is 32.2. The van der Waals surface area contributed by atoms with Crippen LogP contribution in [0.4, 0.5) is 4.79 Å². The Morgan fingerprint density at radius 3 is 2.18 bits per heavy atom. The summed E-state index contributed by atoms with van der Waals surface area (Å²) in [5.41, 5.74) is 0. The van der Waals surface area contributed by atoms with Crippen molar-refractivity contribution in [2.45, 2.75) is 25.0 Å². The summed E-state index contributed by atoms with van der Waals surface area (Å²) in [6.07, 6.45) is -0.257. The smallest absolute Gasteiger partial charge is 0.368 e. The van der Waals surface area contributed by atoms with Crippen LogP contribution in [-0.2, 0) is 23.8 Å². The molecule has 0 bridgehead atoms. The van der Waals surface area contributed by atoms with E-state index in [0.29, 0.717) is 11.8 Å². The van der Waals surface area contributed by atoms with Gasteiger partial charge >= 0.3 is 17.2 Å². The summed E-state index contributed by atoms with van der Waals surface area (Å²) < 4.78 is 12.4. The SMILES string of the molecule is CCOC(=O)CC(C)(SC(=O)OC)C(=O)OC. The first-order valence-electron chi connectivity index (χ1n) is 4.90. The largest absolute Gasteiger partial charge is 0.468 e. The van der Waals surface area contributed by atoms with Gasteiger partial charge < -0.3 is 14.2 Å². The van der Waals surface area contributed by atoms with Crippen LogP contribution in [0, 0.1) is 0 Å². The zero-order chi connectivity index (χ0) is 13.5. The van der Waals surface area contributed by atoms with Gasteiger partial charge in [0.05, 0.1) is 27.2 Å². The van der Waals surface area contributed by atoms with Crippen LogP contribution in [0.3, 0.4) is 0 Å². The predicted molar refractivity (Wildman–Crippen MR) is 61.7 cm³/mol. The molecule has 0 amide bonds. The second-order valence-electron chi connectivity index (χ2n) is 3.26. The van der Waals surface area contributed by atoms with Gasteiger partial charge in [0.15, 0.2) is 0 Å². The van der Waals surface area contributed by atoms with Gasteiger partial charge in [0, 0.05) is 0 Å². The van der Waals surface area contributed by atoms with E-state index in [2.05, 4.69) is 9.47 Å². The first-order valence-corrected chi connectivity index (χ1v) is 5.72. The lowest BCUT2D eigenvalue weighted by Gasteiger charge is -2.23. The molecular weight excluding hydrogens is 248 g/mol. The average Bonchev–Trinajstić information content (AvgIpc) is 2.27. The average molecular weight is 264 g/mol. The van der Waals surface area contributed by atoms with Gasteiger partial charge in [-0.1, -0.05) is 0 Å². The van der Waals surface area contributed by atoms with Crippen LogP contribution in [0.15, 0.2) is 0 Å². The Morgan fingerprint density at radius 2 is 1.76 bits per heavy atom. The van der Waals surface area contributed by atoms with E-state index in [9.17, 15) is 14.4 Å². The van der Waals surface area contributed by atoms with E-state index in [-0.39, 0.29) is 13.0 Å². The minimum atomic E-state index is -1.34. The van der Waals surface area contributed by atoms with Crippen molar-refractivity contribution in [3.05, 3.63) is 0 Å². The van der Waals surface area contributed by atoms with Gasteiger partial charge in [-0.3, -0.25) is 9.59 Å². The minimum Gasteiger partial charge on any atom is -0.468 e. The van der Waals surface area contributed by atoms with Crippen molar-refractivity contribution in [3.63, 3.8) is 0 Å². The van der Waals surface area contributed by atoms with E-state index in [1.807, 2.05) is 0 Å². The summed E-state index contributed by atoms with van der Waals surface area (Å²) in [5.74, 6) is -1.25. The van der Waals surface area contributed by atoms with Gasteiger partial charge in [0.1, 0.15) is 4.75 Å². The molecule has 0 aliphatic heterocycles. The molecule has 0 saturated heterocycles. The summed E-state index contributed by atoms with van der Waals surface area (Å²) in [4.78, 5) is 34.1. The minimum absolute atomic E-state index is 0.207. The topological polar surface area (TPSA) is 78.9 Å². The molecule has 0 aliphatic carbocycles. The van der Waals surface area contributed by atoms with E-state index in [4.69, 9.17) is 4.74 Å². The Morgan fingerprint density at radius 1 is 1.18 bits per heavy atom. The molecule has 0 spiro atoms. The number of methoxy groups -OCH3 is 2. The molecule has 98 valence electrons. The van der Waals surface area contributed by atoms with Crippen LogP contribution in [0.1, 0.15) is 20.3 Å². The van der Waals surface area contributed by atoms with Crippen molar-refractivity contribution in [1.29, 1.82) is 0 Å². The Bertz CT molecular complexity index is 303. The van der Waals surface area contributed by atoms with Crippen LogP contribution < -0.4 is 0 Å². The monoisotopic (exact) mass is 264 g/mol. The van der Waals surface area contributed by atoms with Gasteiger partial charge in [-0.25, -0.2) is 4.79 Å². The highest BCUT2D eigenvalue weighted by Crippen LogP contribution is 2.32. The summed E-state index contributed by atoms with van der Waals surface area (Å²) >= 11 is 0.597. The van der Waals surface area contributed by atoms with Gasteiger partial charge in [-0.15, -0.1) is 0 Å². The molecule has 17 heavy (non-hydrogen) atoms. The Kier molecular flexibility index (Phi) is 6.64. The van der Waals surface area contributed by atoms with Crippen molar-refractivity contribution in [2.24, 2.45) is 0 Å². The van der Waals surface area contributed by atoms with Crippen molar-refractivity contribution in [2.75, 3.05) is 20.8 Å². The van der Waals surface area contributed by atoms with Crippen LogP contribution in [0.25, 0.3) is 0 Å². The van der Waals surface area contributed by atoms with Gasteiger partial charge in [-0.05, 0) is 25.6 Å². The van der Waals surface area contributed by atoms with Crippen LogP contribution in [-0.4, -0.2) is 42.8 Å². The van der Waals surface area contributed by atoms with Gasteiger partial charge in [0.2, 0.25) is 0 Å². The molecule has 0 N–H and O–H groups in total. The predicted octanol–water partition coefficient (Wildman–Crippen LogP) is 1.37. The molecule has 0 radical (unpaired) electrons. The number of carbonyl (C=O) groups is 3. The highest BCUT2D eigenvalue weighted by molar-refractivity contribution is 8.15. The fraction of sp³-hybridized carbons (Fsp3) is 0.700. The van der Waals surface area contributed by atoms with Gasteiger partial charge in [0.25, 0.3) is 0 Å². The van der Waals surface area contributed by atoms with Crippen molar-refractivity contribution in [3.8, 4) is 0 Å². The maximum atomic E-state index is 11.6. The molecule has 0 fully saturated rings. The Balaban J connectivity index is 4.78. The van der Waals surface area contributed by atoms with E-state index in [1.54, 1.807) is 6.92 Å². The number of hydrogen-bond donors (Lipinski definition) is 0. The fourth-order valence-corrected chi connectivity index (χ4v) is 1.89. The summed E-state index contributed by atoms with van der Waals surface area (Å²) in [6.45, 7) is 3.29. The number of esters is 2. The molecule has 0 aromatic carbocycles. The van der Waals surface area contributed by atoms with Crippen LogP contribution >= 0.6 is 11.8 Å². The first-order chi connectivity index (χ1) is 7.89.